The Morgan fingerprint density at radius 3 is 2.82 bits per heavy atom. The summed E-state index contributed by atoms with van der Waals surface area (Å²) in [7, 11) is 0. The second kappa shape index (κ2) is 12.4. The molecule has 1 aliphatic heterocycles. The molecule has 1 N–H and O–H groups in total. The lowest BCUT2D eigenvalue weighted by atomic mass is 10.1. The number of aromatic nitrogens is 3. The summed E-state index contributed by atoms with van der Waals surface area (Å²) in [6.07, 6.45) is 5.19. The zero-order valence-electron chi connectivity index (χ0n) is 19.5. The average Bonchev–Trinajstić information content (AvgIpc) is 3.50. The largest absolute Gasteiger partial charge is 0.376 e. The number of rotatable bonds is 11. The highest BCUT2D eigenvalue weighted by atomic mass is 35.5. The molecule has 2 aromatic carbocycles. The van der Waals surface area contributed by atoms with Crippen molar-refractivity contribution in [2.45, 2.75) is 62.5 Å². The fraction of sp³-hybridized carbons (Fsp3) is 0.423. The van der Waals surface area contributed by atoms with Crippen molar-refractivity contribution < 1.29 is 9.53 Å². The molecule has 1 unspecified atom stereocenters. The normalized spacial score (nSPS) is 15.5. The van der Waals surface area contributed by atoms with Crippen LogP contribution in [-0.2, 0) is 21.7 Å². The molecule has 0 radical (unpaired) electrons. The molecule has 34 heavy (non-hydrogen) atoms. The minimum absolute atomic E-state index is 0.0844. The first-order valence-corrected chi connectivity index (χ1v) is 13.2. The molecule has 4 rings (SSSR count). The zero-order valence-corrected chi connectivity index (χ0v) is 21.1. The second-order valence-corrected chi connectivity index (χ2v) is 10.0. The lowest BCUT2D eigenvalue weighted by Gasteiger charge is -2.12. The van der Waals surface area contributed by atoms with E-state index in [-0.39, 0.29) is 12.0 Å². The van der Waals surface area contributed by atoms with Gasteiger partial charge in [0.25, 0.3) is 0 Å². The van der Waals surface area contributed by atoms with Crippen molar-refractivity contribution >= 4 is 29.3 Å². The van der Waals surface area contributed by atoms with Gasteiger partial charge < -0.3 is 10.1 Å². The summed E-state index contributed by atoms with van der Waals surface area (Å²) < 4.78 is 7.65. The van der Waals surface area contributed by atoms with Gasteiger partial charge in [0, 0.05) is 36.8 Å². The number of halogens is 1. The Hall–Kier alpha value is -2.35. The lowest BCUT2D eigenvalue weighted by Crippen LogP contribution is -2.31. The molecule has 180 valence electrons. The first-order valence-electron chi connectivity index (χ1n) is 11.9. The van der Waals surface area contributed by atoms with Crippen molar-refractivity contribution in [1.29, 1.82) is 0 Å². The van der Waals surface area contributed by atoms with Crippen molar-refractivity contribution in [3.8, 4) is 5.69 Å². The van der Waals surface area contributed by atoms with Crippen molar-refractivity contribution in [2.75, 3.05) is 13.2 Å². The minimum Gasteiger partial charge on any atom is -0.376 e. The maximum absolute atomic E-state index is 12.2. The van der Waals surface area contributed by atoms with Crippen molar-refractivity contribution in [3.05, 3.63) is 70.5 Å². The van der Waals surface area contributed by atoms with Gasteiger partial charge in [0.1, 0.15) is 5.82 Å². The SMILES string of the molecule is Cc1ccc(CSc2nnc(CCCCC(=O)NCC3CCCO3)n2-c2cccc(Cl)c2)cc1. The highest BCUT2D eigenvalue weighted by molar-refractivity contribution is 7.98. The number of thioether (sulfide) groups is 1. The number of benzene rings is 2. The maximum atomic E-state index is 12.2. The molecule has 2 heterocycles. The van der Waals surface area contributed by atoms with E-state index in [0.717, 1.165) is 61.1 Å². The Balaban J connectivity index is 1.36. The summed E-state index contributed by atoms with van der Waals surface area (Å²) in [4.78, 5) is 12.2. The molecule has 8 heteroatoms. The smallest absolute Gasteiger partial charge is 0.220 e. The number of carbonyl (C=O) groups excluding carboxylic acids is 1. The van der Waals surface area contributed by atoms with Crippen LogP contribution in [0.2, 0.25) is 5.02 Å². The third-order valence-electron chi connectivity index (χ3n) is 5.86. The van der Waals surface area contributed by atoms with Crippen molar-refractivity contribution in [2.24, 2.45) is 0 Å². The van der Waals surface area contributed by atoms with E-state index in [1.54, 1.807) is 11.8 Å². The van der Waals surface area contributed by atoms with Crippen LogP contribution in [0.25, 0.3) is 5.69 Å². The predicted molar refractivity (Wildman–Crippen MR) is 137 cm³/mol. The second-order valence-electron chi connectivity index (χ2n) is 8.63. The van der Waals surface area contributed by atoms with Gasteiger partial charge >= 0.3 is 0 Å². The number of hydrogen-bond acceptors (Lipinski definition) is 5. The molecule has 0 bridgehead atoms. The van der Waals surface area contributed by atoms with E-state index in [1.807, 2.05) is 24.3 Å². The summed E-state index contributed by atoms with van der Waals surface area (Å²) in [5, 5.41) is 13.5. The third kappa shape index (κ3) is 7.08. The number of hydrogen-bond donors (Lipinski definition) is 1. The van der Waals surface area contributed by atoms with Gasteiger partial charge in [0.15, 0.2) is 5.16 Å². The Morgan fingerprint density at radius 2 is 2.06 bits per heavy atom. The highest BCUT2D eigenvalue weighted by Gasteiger charge is 2.17. The van der Waals surface area contributed by atoms with E-state index in [4.69, 9.17) is 16.3 Å². The topological polar surface area (TPSA) is 69.0 Å². The van der Waals surface area contributed by atoms with Crippen LogP contribution in [0.15, 0.2) is 53.7 Å². The number of aryl methyl sites for hydroxylation is 2. The number of amides is 1. The van der Waals surface area contributed by atoms with Gasteiger partial charge in [-0.05, 0) is 56.4 Å². The third-order valence-corrected chi connectivity index (χ3v) is 7.10. The maximum Gasteiger partial charge on any atom is 0.220 e. The lowest BCUT2D eigenvalue weighted by molar-refractivity contribution is -0.121. The number of nitrogens with one attached hydrogen (secondary N) is 1. The van der Waals surface area contributed by atoms with Crippen LogP contribution in [-0.4, -0.2) is 39.9 Å². The molecule has 1 fully saturated rings. The standard InChI is InChI=1S/C26H31ClN4O2S/c1-19-11-13-20(14-12-19)18-34-26-30-29-24(31(26)22-7-4-6-21(27)16-22)9-2-3-10-25(32)28-17-23-8-5-15-33-23/h4,6-7,11-14,16,23H,2-3,5,8-10,15,17-18H2,1H3,(H,28,32). The Bertz CT molecular complexity index is 1080. The molecule has 1 aliphatic rings. The summed E-state index contributed by atoms with van der Waals surface area (Å²) in [6.45, 7) is 3.51. The number of nitrogens with zero attached hydrogens (tertiary/aromatic N) is 3. The Labute approximate surface area is 210 Å². The molecule has 1 atom stereocenters. The van der Waals surface area contributed by atoms with E-state index in [1.165, 1.54) is 11.1 Å². The molecule has 3 aromatic rings. The highest BCUT2D eigenvalue weighted by Crippen LogP contribution is 2.27. The van der Waals surface area contributed by atoms with Crippen LogP contribution in [0.3, 0.4) is 0 Å². The number of ether oxygens (including phenoxy) is 1. The van der Waals surface area contributed by atoms with E-state index in [9.17, 15) is 4.79 Å². The number of carbonyl (C=O) groups is 1. The van der Waals surface area contributed by atoms with Gasteiger partial charge in [-0.15, -0.1) is 10.2 Å². The Kier molecular flexibility index (Phi) is 9.02. The molecule has 1 aromatic heterocycles. The van der Waals surface area contributed by atoms with E-state index in [0.29, 0.717) is 18.0 Å². The minimum atomic E-state index is 0.0844. The molecule has 6 nitrogen and oxygen atoms in total. The monoisotopic (exact) mass is 498 g/mol. The van der Waals surface area contributed by atoms with E-state index >= 15 is 0 Å². The first-order chi connectivity index (χ1) is 16.6. The van der Waals surface area contributed by atoms with Gasteiger partial charge in [-0.25, -0.2) is 0 Å². The van der Waals surface area contributed by atoms with E-state index < -0.39 is 0 Å². The van der Waals surface area contributed by atoms with Crippen LogP contribution in [0.5, 0.6) is 0 Å². The summed E-state index contributed by atoms with van der Waals surface area (Å²) in [6, 6.07) is 16.3. The Morgan fingerprint density at radius 1 is 1.21 bits per heavy atom. The van der Waals surface area contributed by atoms with Crippen LogP contribution in [0.1, 0.15) is 49.1 Å². The van der Waals surface area contributed by atoms with Gasteiger partial charge in [-0.1, -0.05) is 59.3 Å². The fourth-order valence-electron chi connectivity index (χ4n) is 3.95. The quantitative estimate of drug-likeness (QED) is 0.278. The van der Waals surface area contributed by atoms with Crippen LogP contribution < -0.4 is 5.32 Å². The van der Waals surface area contributed by atoms with Crippen molar-refractivity contribution in [1.82, 2.24) is 20.1 Å². The van der Waals surface area contributed by atoms with Gasteiger partial charge in [-0.2, -0.15) is 0 Å². The summed E-state index contributed by atoms with van der Waals surface area (Å²) in [5.74, 6) is 1.78. The van der Waals surface area contributed by atoms with E-state index in [2.05, 4.69) is 51.3 Å². The van der Waals surface area contributed by atoms with Crippen LogP contribution in [0, 0.1) is 6.92 Å². The van der Waals surface area contributed by atoms with Gasteiger partial charge in [-0.3, -0.25) is 9.36 Å². The summed E-state index contributed by atoms with van der Waals surface area (Å²) in [5.41, 5.74) is 3.44. The van der Waals surface area contributed by atoms with Crippen molar-refractivity contribution in [3.63, 3.8) is 0 Å². The average molecular weight is 499 g/mol. The van der Waals surface area contributed by atoms with Gasteiger partial charge in [0.05, 0.1) is 11.8 Å². The molecular weight excluding hydrogens is 468 g/mol. The molecular formula is C26H31ClN4O2S. The fourth-order valence-corrected chi connectivity index (χ4v) is 5.06. The first kappa shape index (κ1) is 24.8. The zero-order chi connectivity index (χ0) is 23.8. The molecule has 0 aliphatic carbocycles. The van der Waals surface area contributed by atoms with Crippen LogP contribution in [0.4, 0.5) is 0 Å². The van der Waals surface area contributed by atoms with Gasteiger partial charge in [0.2, 0.25) is 5.91 Å². The molecule has 1 amide bonds. The predicted octanol–water partition coefficient (Wildman–Crippen LogP) is 5.53. The van der Waals surface area contributed by atoms with Crippen LogP contribution >= 0.6 is 23.4 Å². The summed E-state index contributed by atoms with van der Waals surface area (Å²) >= 11 is 7.94. The number of unbranched alkanes of at least 4 members (excludes halogenated alkanes) is 1. The molecule has 0 spiro atoms. The molecule has 1 saturated heterocycles. The molecule has 0 saturated carbocycles.